The third-order valence-electron chi connectivity index (χ3n) is 3.81. The van der Waals surface area contributed by atoms with Crippen molar-refractivity contribution in [1.82, 2.24) is 4.90 Å². The van der Waals surface area contributed by atoms with Gasteiger partial charge in [-0.25, -0.2) is 0 Å². The van der Waals surface area contributed by atoms with Crippen molar-refractivity contribution in [2.75, 3.05) is 18.8 Å². The highest BCUT2D eigenvalue weighted by Crippen LogP contribution is 2.30. The lowest BCUT2D eigenvalue weighted by atomic mass is 9.81. The number of hydrogen-bond donors (Lipinski definition) is 1. The molecule has 1 unspecified atom stereocenters. The second-order valence-electron chi connectivity index (χ2n) is 6.10. The fourth-order valence-electron chi connectivity index (χ4n) is 2.38. The Hall–Kier alpha value is 0.0100. The molecule has 0 amide bonds. The molecule has 1 aromatic rings. The van der Waals surface area contributed by atoms with E-state index in [-0.39, 0.29) is 0 Å². The summed E-state index contributed by atoms with van der Waals surface area (Å²) in [5.41, 5.74) is 1.91. The largest absolute Gasteiger partial charge is 0.298 e. The van der Waals surface area contributed by atoms with E-state index in [1.54, 1.807) is 10.4 Å². The van der Waals surface area contributed by atoms with Crippen LogP contribution in [0.4, 0.5) is 0 Å². The van der Waals surface area contributed by atoms with Gasteiger partial charge in [-0.05, 0) is 40.5 Å². The van der Waals surface area contributed by atoms with E-state index in [1.165, 1.54) is 19.5 Å². The molecular formula is C14H23NS2. The number of nitrogens with zero attached hydrogens (tertiary/aromatic N) is 1. The van der Waals surface area contributed by atoms with Crippen LogP contribution in [0.5, 0.6) is 0 Å². The summed E-state index contributed by atoms with van der Waals surface area (Å²) in [6, 6.07) is 2.29. The zero-order valence-electron chi connectivity index (χ0n) is 11.1. The average molecular weight is 269 g/mol. The number of thiophene rings is 1. The van der Waals surface area contributed by atoms with Crippen LogP contribution in [0.25, 0.3) is 0 Å². The highest BCUT2D eigenvalue weighted by atomic mass is 32.1. The lowest BCUT2D eigenvalue weighted by molar-refractivity contribution is 0.155. The van der Waals surface area contributed by atoms with Gasteiger partial charge in [0.25, 0.3) is 0 Å². The van der Waals surface area contributed by atoms with Crippen molar-refractivity contribution in [3.63, 3.8) is 0 Å². The minimum Gasteiger partial charge on any atom is -0.298 e. The summed E-state index contributed by atoms with van der Waals surface area (Å²) in [6.45, 7) is 10.5. The van der Waals surface area contributed by atoms with E-state index >= 15 is 0 Å². The molecule has 0 fully saturated rings. The minimum atomic E-state index is 0.358. The fraction of sp³-hybridized carbons (Fsp3) is 0.714. The molecule has 2 heterocycles. The predicted octanol–water partition coefficient (Wildman–Crippen LogP) is 3.70. The first-order valence-corrected chi connectivity index (χ1v) is 7.90. The molecule has 0 aliphatic carbocycles. The van der Waals surface area contributed by atoms with E-state index in [0.717, 1.165) is 12.3 Å². The SMILES string of the molecule is CC(C)(C)C(CS)CN1CCc2sccc2C1. The van der Waals surface area contributed by atoms with Crippen molar-refractivity contribution in [3.05, 3.63) is 21.9 Å². The van der Waals surface area contributed by atoms with Gasteiger partial charge in [0.2, 0.25) is 0 Å². The standard InChI is InChI=1S/C14H23NS2/c1-14(2,3)12(10-16)9-15-6-4-13-11(8-15)5-7-17-13/h5,7,12,16H,4,6,8-10H2,1-3H3. The van der Waals surface area contributed by atoms with Crippen LogP contribution in [0.2, 0.25) is 0 Å². The highest BCUT2D eigenvalue weighted by molar-refractivity contribution is 7.80. The van der Waals surface area contributed by atoms with Crippen molar-refractivity contribution in [2.24, 2.45) is 11.3 Å². The smallest absolute Gasteiger partial charge is 0.0245 e. The molecule has 17 heavy (non-hydrogen) atoms. The van der Waals surface area contributed by atoms with Gasteiger partial charge in [-0.1, -0.05) is 20.8 Å². The topological polar surface area (TPSA) is 3.24 Å². The summed E-state index contributed by atoms with van der Waals surface area (Å²) in [5.74, 6) is 1.65. The predicted molar refractivity (Wildman–Crippen MR) is 80.1 cm³/mol. The number of rotatable bonds is 3. The molecule has 1 aromatic heterocycles. The van der Waals surface area contributed by atoms with E-state index in [9.17, 15) is 0 Å². The van der Waals surface area contributed by atoms with Crippen LogP contribution in [0, 0.1) is 11.3 Å². The van der Waals surface area contributed by atoms with Gasteiger partial charge in [0.1, 0.15) is 0 Å². The van der Waals surface area contributed by atoms with Crippen LogP contribution in [0.3, 0.4) is 0 Å². The quantitative estimate of drug-likeness (QED) is 0.819. The third kappa shape index (κ3) is 3.27. The van der Waals surface area contributed by atoms with Crippen molar-refractivity contribution in [3.8, 4) is 0 Å². The van der Waals surface area contributed by atoms with E-state index in [1.807, 2.05) is 11.3 Å². The molecular weight excluding hydrogens is 246 g/mol. The summed E-state index contributed by atoms with van der Waals surface area (Å²) in [4.78, 5) is 4.20. The first kappa shape index (κ1) is 13.4. The van der Waals surface area contributed by atoms with Crippen LogP contribution < -0.4 is 0 Å². The maximum absolute atomic E-state index is 4.53. The van der Waals surface area contributed by atoms with E-state index < -0.39 is 0 Å². The zero-order chi connectivity index (χ0) is 12.5. The lowest BCUT2D eigenvalue weighted by Gasteiger charge is -2.36. The fourth-order valence-corrected chi connectivity index (χ4v) is 3.93. The number of hydrogen-bond acceptors (Lipinski definition) is 3. The van der Waals surface area contributed by atoms with Gasteiger partial charge in [0.15, 0.2) is 0 Å². The molecule has 1 nitrogen and oxygen atoms in total. The third-order valence-corrected chi connectivity index (χ3v) is 5.27. The molecule has 0 spiro atoms. The first-order chi connectivity index (χ1) is 8.00. The summed E-state index contributed by atoms with van der Waals surface area (Å²) in [5, 5.41) is 2.23. The molecule has 0 N–H and O–H groups in total. The van der Waals surface area contributed by atoms with Gasteiger partial charge in [-0.3, -0.25) is 4.90 Å². The molecule has 2 rings (SSSR count). The van der Waals surface area contributed by atoms with E-state index in [2.05, 4.69) is 49.7 Å². The van der Waals surface area contributed by atoms with Gasteiger partial charge in [-0.15, -0.1) is 11.3 Å². The number of thiol groups is 1. The second-order valence-corrected chi connectivity index (χ2v) is 7.47. The molecule has 1 aliphatic rings. The molecule has 0 bridgehead atoms. The minimum absolute atomic E-state index is 0.358. The number of fused-ring (bicyclic) bond motifs is 1. The summed E-state index contributed by atoms with van der Waals surface area (Å²) >= 11 is 6.44. The lowest BCUT2D eigenvalue weighted by Crippen LogP contribution is -2.39. The summed E-state index contributed by atoms with van der Waals surface area (Å²) in [6.07, 6.45) is 1.23. The average Bonchev–Trinajstić information content (AvgIpc) is 2.71. The van der Waals surface area contributed by atoms with Crippen LogP contribution in [-0.4, -0.2) is 23.7 Å². The Labute approximate surface area is 115 Å². The molecule has 1 aliphatic heterocycles. The van der Waals surface area contributed by atoms with Crippen LogP contribution in [-0.2, 0) is 13.0 Å². The zero-order valence-corrected chi connectivity index (χ0v) is 12.8. The molecule has 0 radical (unpaired) electrons. The molecule has 96 valence electrons. The van der Waals surface area contributed by atoms with Crippen molar-refractivity contribution >= 4 is 24.0 Å². The van der Waals surface area contributed by atoms with Gasteiger partial charge in [0, 0.05) is 24.5 Å². The van der Waals surface area contributed by atoms with Crippen molar-refractivity contribution in [1.29, 1.82) is 0 Å². The summed E-state index contributed by atoms with van der Waals surface area (Å²) in [7, 11) is 0. The summed E-state index contributed by atoms with van der Waals surface area (Å²) < 4.78 is 0. The monoisotopic (exact) mass is 269 g/mol. The Morgan fingerprint density at radius 1 is 1.47 bits per heavy atom. The Morgan fingerprint density at radius 3 is 2.88 bits per heavy atom. The van der Waals surface area contributed by atoms with Crippen LogP contribution >= 0.6 is 24.0 Å². The Morgan fingerprint density at radius 2 is 2.24 bits per heavy atom. The molecule has 1 atom stereocenters. The maximum atomic E-state index is 4.53. The molecule has 0 saturated heterocycles. The molecule has 0 saturated carbocycles. The van der Waals surface area contributed by atoms with Crippen LogP contribution in [0.15, 0.2) is 11.4 Å². The van der Waals surface area contributed by atoms with Crippen molar-refractivity contribution in [2.45, 2.75) is 33.7 Å². The first-order valence-electron chi connectivity index (χ1n) is 6.39. The van der Waals surface area contributed by atoms with Gasteiger partial charge >= 0.3 is 0 Å². The van der Waals surface area contributed by atoms with E-state index in [0.29, 0.717) is 11.3 Å². The maximum Gasteiger partial charge on any atom is 0.0245 e. The molecule has 3 heteroatoms. The van der Waals surface area contributed by atoms with Gasteiger partial charge in [-0.2, -0.15) is 12.6 Å². The van der Waals surface area contributed by atoms with Crippen LogP contribution in [0.1, 0.15) is 31.2 Å². The van der Waals surface area contributed by atoms with Crippen molar-refractivity contribution < 1.29 is 0 Å². The van der Waals surface area contributed by atoms with E-state index in [4.69, 9.17) is 0 Å². The Balaban J connectivity index is 1.97. The normalized spacial score (nSPS) is 19.1. The van der Waals surface area contributed by atoms with Gasteiger partial charge < -0.3 is 0 Å². The Bertz CT molecular complexity index is 365. The highest BCUT2D eigenvalue weighted by Gasteiger charge is 2.27. The Kier molecular flexibility index (Phi) is 4.22. The molecule has 0 aromatic carbocycles. The second kappa shape index (κ2) is 5.33. The van der Waals surface area contributed by atoms with Gasteiger partial charge in [0.05, 0.1) is 0 Å².